The smallest absolute Gasteiger partial charge is 0.255 e. The van der Waals surface area contributed by atoms with E-state index in [9.17, 15) is 9.90 Å². The molecule has 7 heteroatoms. The zero-order valence-electron chi connectivity index (χ0n) is 12.5. The van der Waals surface area contributed by atoms with Crippen LogP contribution in [0.25, 0.3) is 0 Å². The SMILES string of the molecule is C=CCN(Sc1ccc(N2CCC(O)C2=O)cc1)c1nccs1. The molecular weight excluding hydrogens is 330 g/mol. The number of hydrogen-bond acceptors (Lipinski definition) is 6. The minimum Gasteiger partial charge on any atom is -0.383 e. The van der Waals surface area contributed by atoms with E-state index in [0.29, 0.717) is 19.5 Å². The Labute approximate surface area is 143 Å². The summed E-state index contributed by atoms with van der Waals surface area (Å²) >= 11 is 3.16. The number of rotatable bonds is 6. The quantitative estimate of drug-likeness (QED) is 0.643. The van der Waals surface area contributed by atoms with Gasteiger partial charge in [0.1, 0.15) is 6.10 Å². The van der Waals surface area contributed by atoms with Crippen LogP contribution in [0.1, 0.15) is 6.42 Å². The molecule has 1 unspecified atom stereocenters. The molecule has 1 aliphatic rings. The largest absolute Gasteiger partial charge is 0.383 e. The van der Waals surface area contributed by atoms with E-state index in [1.165, 1.54) is 0 Å². The number of thiazole rings is 1. The molecule has 1 saturated heterocycles. The maximum absolute atomic E-state index is 11.9. The molecular formula is C16H17N3O2S2. The van der Waals surface area contributed by atoms with Gasteiger partial charge in [-0.25, -0.2) is 4.98 Å². The topological polar surface area (TPSA) is 56.7 Å². The Morgan fingerprint density at radius 1 is 1.48 bits per heavy atom. The van der Waals surface area contributed by atoms with Gasteiger partial charge in [0.05, 0.1) is 0 Å². The van der Waals surface area contributed by atoms with Crippen LogP contribution >= 0.6 is 23.3 Å². The normalized spacial score (nSPS) is 17.5. The molecule has 1 N–H and O–H groups in total. The van der Waals surface area contributed by atoms with Crippen LogP contribution in [0, 0.1) is 0 Å². The van der Waals surface area contributed by atoms with E-state index in [1.54, 1.807) is 34.4 Å². The van der Waals surface area contributed by atoms with Crippen molar-refractivity contribution in [1.82, 2.24) is 4.98 Å². The van der Waals surface area contributed by atoms with Gasteiger partial charge in [-0.05, 0) is 36.2 Å². The van der Waals surface area contributed by atoms with Crippen molar-refractivity contribution < 1.29 is 9.90 Å². The minimum atomic E-state index is -0.864. The Kier molecular flexibility index (Phi) is 5.00. The Hall–Kier alpha value is -1.83. The summed E-state index contributed by atoms with van der Waals surface area (Å²) in [6.45, 7) is 5.04. The van der Waals surface area contributed by atoms with E-state index in [-0.39, 0.29) is 5.91 Å². The molecule has 0 bridgehead atoms. The first-order chi connectivity index (χ1) is 11.2. The first-order valence-electron chi connectivity index (χ1n) is 7.24. The number of aliphatic hydroxyl groups excluding tert-OH is 1. The fourth-order valence-electron chi connectivity index (χ4n) is 2.35. The second-order valence-corrected chi connectivity index (χ2v) is 7.01. The molecule has 2 heterocycles. The van der Waals surface area contributed by atoms with Gasteiger partial charge >= 0.3 is 0 Å². The second-order valence-electron chi connectivity index (χ2n) is 5.04. The maximum atomic E-state index is 11.9. The van der Waals surface area contributed by atoms with Crippen LogP contribution in [0.3, 0.4) is 0 Å². The summed E-state index contributed by atoms with van der Waals surface area (Å²) in [5.41, 5.74) is 0.820. The van der Waals surface area contributed by atoms with E-state index in [4.69, 9.17) is 0 Å². The molecule has 0 saturated carbocycles. The van der Waals surface area contributed by atoms with E-state index in [0.717, 1.165) is 15.7 Å². The van der Waals surface area contributed by atoms with Crippen molar-refractivity contribution in [2.45, 2.75) is 17.4 Å². The monoisotopic (exact) mass is 347 g/mol. The van der Waals surface area contributed by atoms with Gasteiger partial charge in [-0.2, -0.15) is 0 Å². The van der Waals surface area contributed by atoms with Crippen molar-refractivity contribution >= 4 is 40.0 Å². The van der Waals surface area contributed by atoms with Crippen LogP contribution in [-0.2, 0) is 4.79 Å². The lowest BCUT2D eigenvalue weighted by Gasteiger charge is -2.19. The molecule has 120 valence electrons. The lowest BCUT2D eigenvalue weighted by atomic mass is 10.3. The number of benzene rings is 1. The number of amides is 1. The van der Waals surface area contributed by atoms with Crippen molar-refractivity contribution in [3.63, 3.8) is 0 Å². The molecule has 1 atom stereocenters. The number of nitrogens with zero attached hydrogens (tertiary/aromatic N) is 3. The number of carbonyl (C=O) groups excluding carboxylic acids is 1. The highest BCUT2D eigenvalue weighted by Gasteiger charge is 2.30. The first-order valence-corrected chi connectivity index (χ1v) is 8.90. The summed E-state index contributed by atoms with van der Waals surface area (Å²) in [6.07, 6.45) is 3.25. The number of aromatic nitrogens is 1. The second kappa shape index (κ2) is 7.16. The van der Waals surface area contributed by atoms with Gasteiger partial charge in [0.2, 0.25) is 0 Å². The Morgan fingerprint density at radius 2 is 2.26 bits per heavy atom. The average Bonchev–Trinajstić information content (AvgIpc) is 3.20. The molecule has 1 aromatic heterocycles. The lowest BCUT2D eigenvalue weighted by Crippen LogP contribution is -2.28. The third-order valence-electron chi connectivity index (χ3n) is 3.47. The van der Waals surface area contributed by atoms with Gasteiger partial charge in [-0.15, -0.1) is 17.9 Å². The highest BCUT2D eigenvalue weighted by Crippen LogP contribution is 2.32. The number of carbonyl (C=O) groups is 1. The van der Waals surface area contributed by atoms with Crippen molar-refractivity contribution in [3.05, 3.63) is 48.5 Å². The molecule has 23 heavy (non-hydrogen) atoms. The van der Waals surface area contributed by atoms with Gasteiger partial charge in [0.25, 0.3) is 5.91 Å². The zero-order chi connectivity index (χ0) is 16.2. The maximum Gasteiger partial charge on any atom is 0.255 e. The molecule has 3 rings (SSSR count). The Morgan fingerprint density at radius 3 is 2.83 bits per heavy atom. The van der Waals surface area contributed by atoms with Gasteiger partial charge < -0.3 is 10.0 Å². The standard InChI is InChI=1S/C16H17N3O2S2/c1-2-9-19(16-17-8-11-22-16)23-13-5-3-12(4-6-13)18-10-7-14(20)15(18)21/h2-6,8,11,14,20H,1,7,9-10H2. The van der Waals surface area contributed by atoms with Crippen molar-refractivity contribution in [2.75, 3.05) is 22.3 Å². The highest BCUT2D eigenvalue weighted by atomic mass is 32.2. The third kappa shape index (κ3) is 3.57. The molecule has 5 nitrogen and oxygen atoms in total. The summed E-state index contributed by atoms with van der Waals surface area (Å²) in [7, 11) is 0. The fraction of sp³-hybridized carbons (Fsp3) is 0.250. The molecule has 0 spiro atoms. The Balaban J connectivity index is 1.71. The number of hydrogen-bond donors (Lipinski definition) is 1. The number of anilines is 2. The molecule has 2 aromatic rings. The van der Waals surface area contributed by atoms with E-state index in [2.05, 4.69) is 15.9 Å². The van der Waals surface area contributed by atoms with Crippen LogP contribution in [0.4, 0.5) is 10.8 Å². The van der Waals surface area contributed by atoms with Gasteiger partial charge in [-0.1, -0.05) is 6.08 Å². The molecule has 1 fully saturated rings. The van der Waals surface area contributed by atoms with E-state index in [1.807, 2.05) is 35.7 Å². The predicted octanol–water partition coefficient (Wildman–Crippen LogP) is 2.94. The predicted molar refractivity (Wildman–Crippen MR) is 94.9 cm³/mol. The highest BCUT2D eigenvalue weighted by molar-refractivity contribution is 8.00. The van der Waals surface area contributed by atoms with Crippen LogP contribution in [0.15, 0.2) is 53.4 Å². The molecule has 0 aliphatic carbocycles. The van der Waals surface area contributed by atoms with Crippen LogP contribution < -0.4 is 9.21 Å². The summed E-state index contributed by atoms with van der Waals surface area (Å²) in [5, 5.41) is 12.4. The first kappa shape index (κ1) is 16.0. The van der Waals surface area contributed by atoms with Gasteiger partial charge in [0, 0.05) is 41.7 Å². The van der Waals surface area contributed by atoms with Gasteiger partial charge in [0.15, 0.2) is 5.13 Å². The summed E-state index contributed by atoms with van der Waals surface area (Å²) in [5.74, 6) is -0.221. The molecule has 1 amide bonds. The van der Waals surface area contributed by atoms with Crippen molar-refractivity contribution in [3.8, 4) is 0 Å². The van der Waals surface area contributed by atoms with Gasteiger partial charge in [-0.3, -0.25) is 9.10 Å². The van der Waals surface area contributed by atoms with Crippen LogP contribution in [0.2, 0.25) is 0 Å². The van der Waals surface area contributed by atoms with Crippen molar-refractivity contribution in [1.29, 1.82) is 0 Å². The summed E-state index contributed by atoms with van der Waals surface area (Å²) < 4.78 is 2.07. The lowest BCUT2D eigenvalue weighted by molar-refractivity contribution is -0.123. The number of aliphatic hydroxyl groups is 1. The van der Waals surface area contributed by atoms with Crippen LogP contribution in [-0.4, -0.2) is 35.2 Å². The Bertz CT molecular complexity index is 673. The minimum absolute atomic E-state index is 0.221. The summed E-state index contributed by atoms with van der Waals surface area (Å²) in [6, 6.07) is 7.77. The molecule has 1 aromatic carbocycles. The van der Waals surface area contributed by atoms with E-state index >= 15 is 0 Å². The van der Waals surface area contributed by atoms with Crippen molar-refractivity contribution in [2.24, 2.45) is 0 Å². The zero-order valence-corrected chi connectivity index (χ0v) is 14.1. The van der Waals surface area contributed by atoms with Crippen LogP contribution in [0.5, 0.6) is 0 Å². The summed E-state index contributed by atoms with van der Waals surface area (Å²) in [4.78, 5) is 18.9. The third-order valence-corrected chi connectivity index (χ3v) is 5.40. The molecule has 1 aliphatic heterocycles. The van der Waals surface area contributed by atoms with E-state index < -0.39 is 6.10 Å². The molecule has 0 radical (unpaired) electrons. The average molecular weight is 347 g/mol. The fourth-order valence-corrected chi connectivity index (χ4v) is 3.96.